The van der Waals surface area contributed by atoms with Gasteiger partial charge < -0.3 is 20.3 Å². The molecule has 0 bridgehead atoms. The summed E-state index contributed by atoms with van der Waals surface area (Å²) in [5.41, 5.74) is 1.59. The second kappa shape index (κ2) is 6.05. The molecule has 4 nitrogen and oxygen atoms in total. The molecule has 2 aromatic carbocycles. The fourth-order valence-corrected chi connectivity index (χ4v) is 2.38. The Morgan fingerprint density at radius 3 is 2.55 bits per heavy atom. The topological polar surface area (TPSA) is 61.7 Å². The van der Waals surface area contributed by atoms with Crippen molar-refractivity contribution >= 4 is 21.6 Å². The maximum absolute atomic E-state index is 9.85. The van der Waals surface area contributed by atoms with E-state index in [1.54, 1.807) is 19.2 Å². The van der Waals surface area contributed by atoms with Gasteiger partial charge in [-0.3, -0.25) is 0 Å². The largest absolute Gasteiger partial charge is 0.508 e. The molecule has 106 valence electrons. The van der Waals surface area contributed by atoms with Gasteiger partial charge in [-0.05, 0) is 47.1 Å². The van der Waals surface area contributed by atoms with Crippen LogP contribution in [0.1, 0.15) is 18.5 Å². The number of ether oxygens (including phenoxy) is 1. The van der Waals surface area contributed by atoms with Gasteiger partial charge in [0.1, 0.15) is 17.2 Å². The summed E-state index contributed by atoms with van der Waals surface area (Å²) < 4.78 is 6.12. The fourth-order valence-electron chi connectivity index (χ4n) is 1.98. The number of halogens is 1. The Balaban J connectivity index is 2.21. The van der Waals surface area contributed by atoms with Gasteiger partial charge in [0.15, 0.2) is 0 Å². The lowest BCUT2D eigenvalue weighted by Crippen LogP contribution is -2.06. The van der Waals surface area contributed by atoms with E-state index >= 15 is 0 Å². The Morgan fingerprint density at radius 2 is 1.90 bits per heavy atom. The van der Waals surface area contributed by atoms with Gasteiger partial charge in [-0.1, -0.05) is 0 Å². The van der Waals surface area contributed by atoms with Crippen molar-refractivity contribution in [1.82, 2.24) is 0 Å². The molecule has 1 unspecified atom stereocenters. The molecule has 0 heterocycles. The van der Waals surface area contributed by atoms with E-state index in [2.05, 4.69) is 21.2 Å². The third-order valence-corrected chi connectivity index (χ3v) is 3.67. The van der Waals surface area contributed by atoms with E-state index < -0.39 is 0 Å². The summed E-state index contributed by atoms with van der Waals surface area (Å²) in [5, 5.41) is 22.4. The van der Waals surface area contributed by atoms with E-state index in [-0.39, 0.29) is 17.5 Å². The summed E-state index contributed by atoms with van der Waals surface area (Å²) in [7, 11) is 1.61. The van der Waals surface area contributed by atoms with Crippen LogP contribution in [0.4, 0.5) is 5.69 Å². The van der Waals surface area contributed by atoms with Crippen LogP contribution in [0.15, 0.2) is 40.9 Å². The number of rotatable bonds is 4. The minimum absolute atomic E-state index is 0.0451. The molecular formula is C15H16BrNO3. The molecule has 0 aromatic heterocycles. The monoisotopic (exact) mass is 337 g/mol. The molecule has 1 atom stereocenters. The van der Waals surface area contributed by atoms with Crippen LogP contribution in [-0.4, -0.2) is 17.3 Å². The quantitative estimate of drug-likeness (QED) is 0.787. The molecule has 2 aromatic rings. The van der Waals surface area contributed by atoms with Gasteiger partial charge in [-0.2, -0.15) is 0 Å². The SMILES string of the molecule is COc1cc(NC(C)c2ccc(O)cc2O)ccc1Br. The molecule has 0 aliphatic heterocycles. The molecule has 0 saturated heterocycles. The summed E-state index contributed by atoms with van der Waals surface area (Å²) in [5.74, 6) is 0.843. The predicted molar refractivity (Wildman–Crippen MR) is 82.5 cm³/mol. The Bertz CT molecular complexity index is 616. The lowest BCUT2D eigenvalue weighted by molar-refractivity contribution is 0.412. The molecule has 0 radical (unpaired) electrons. The first-order valence-electron chi connectivity index (χ1n) is 6.13. The lowest BCUT2D eigenvalue weighted by Gasteiger charge is -2.18. The molecule has 0 aliphatic carbocycles. The van der Waals surface area contributed by atoms with Crippen LogP contribution in [0.2, 0.25) is 0 Å². The van der Waals surface area contributed by atoms with Gasteiger partial charge in [-0.15, -0.1) is 0 Å². The molecule has 0 fully saturated rings. The van der Waals surface area contributed by atoms with E-state index in [4.69, 9.17) is 4.74 Å². The minimum atomic E-state index is -0.110. The summed E-state index contributed by atoms with van der Waals surface area (Å²) in [6.07, 6.45) is 0. The predicted octanol–water partition coefficient (Wildman–Crippen LogP) is 4.04. The molecule has 3 N–H and O–H groups in total. The van der Waals surface area contributed by atoms with Gasteiger partial charge in [0.2, 0.25) is 0 Å². The zero-order valence-electron chi connectivity index (χ0n) is 11.2. The molecule has 5 heteroatoms. The highest BCUT2D eigenvalue weighted by molar-refractivity contribution is 9.10. The van der Waals surface area contributed by atoms with Crippen molar-refractivity contribution < 1.29 is 14.9 Å². The minimum Gasteiger partial charge on any atom is -0.508 e. The third-order valence-electron chi connectivity index (χ3n) is 3.01. The average Bonchev–Trinajstić information content (AvgIpc) is 2.40. The summed E-state index contributed by atoms with van der Waals surface area (Å²) in [4.78, 5) is 0. The van der Waals surface area contributed by atoms with Gasteiger partial charge in [-0.25, -0.2) is 0 Å². The van der Waals surface area contributed by atoms with Gasteiger partial charge in [0.05, 0.1) is 17.6 Å². The highest BCUT2D eigenvalue weighted by Crippen LogP contribution is 2.32. The molecule has 2 rings (SSSR count). The Kier molecular flexibility index (Phi) is 4.39. The molecule has 20 heavy (non-hydrogen) atoms. The Hall–Kier alpha value is -1.88. The van der Waals surface area contributed by atoms with Crippen molar-refractivity contribution in [2.75, 3.05) is 12.4 Å². The highest BCUT2D eigenvalue weighted by Gasteiger charge is 2.11. The van der Waals surface area contributed by atoms with Crippen LogP contribution in [0, 0.1) is 0 Å². The number of hydrogen-bond donors (Lipinski definition) is 3. The van der Waals surface area contributed by atoms with Gasteiger partial charge in [0, 0.05) is 23.4 Å². The number of hydrogen-bond acceptors (Lipinski definition) is 4. The number of phenols is 2. The van der Waals surface area contributed by atoms with Crippen LogP contribution < -0.4 is 10.1 Å². The first kappa shape index (κ1) is 14.5. The summed E-state index contributed by atoms with van der Waals surface area (Å²) in [6, 6.07) is 10.1. The van der Waals surface area contributed by atoms with E-state index in [0.29, 0.717) is 5.56 Å². The third kappa shape index (κ3) is 3.17. The van der Waals surface area contributed by atoms with Crippen molar-refractivity contribution in [3.05, 3.63) is 46.4 Å². The van der Waals surface area contributed by atoms with E-state index in [1.807, 2.05) is 25.1 Å². The fraction of sp³-hybridized carbons (Fsp3) is 0.200. The molecular weight excluding hydrogens is 322 g/mol. The zero-order valence-corrected chi connectivity index (χ0v) is 12.8. The maximum atomic E-state index is 9.85. The van der Waals surface area contributed by atoms with Crippen LogP contribution >= 0.6 is 15.9 Å². The number of benzene rings is 2. The van der Waals surface area contributed by atoms with Crippen LogP contribution in [-0.2, 0) is 0 Å². The Labute approximate surface area is 126 Å². The van der Waals surface area contributed by atoms with Crippen molar-refractivity contribution in [2.45, 2.75) is 13.0 Å². The van der Waals surface area contributed by atoms with Gasteiger partial charge in [0.25, 0.3) is 0 Å². The average molecular weight is 338 g/mol. The normalized spacial score (nSPS) is 11.9. The van der Waals surface area contributed by atoms with Crippen LogP contribution in [0.25, 0.3) is 0 Å². The second-order valence-electron chi connectivity index (χ2n) is 4.46. The Morgan fingerprint density at radius 1 is 1.15 bits per heavy atom. The second-order valence-corrected chi connectivity index (χ2v) is 5.31. The van der Waals surface area contributed by atoms with Crippen molar-refractivity contribution in [2.24, 2.45) is 0 Å². The van der Waals surface area contributed by atoms with Gasteiger partial charge >= 0.3 is 0 Å². The van der Waals surface area contributed by atoms with E-state index in [0.717, 1.165) is 15.9 Å². The molecule has 0 spiro atoms. The van der Waals surface area contributed by atoms with Crippen LogP contribution in [0.3, 0.4) is 0 Å². The highest BCUT2D eigenvalue weighted by atomic mass is 79.9. The lowest BCUT2D eigenvalue weighted by atomic mass is 10.1. The number of phenolic OH excluding ortho intramolecular Hbond substituents is 2. The summed E-state index contributed by atoms with van der Waals surface area (Å²) in [6.45, 7) is 1.93. The van der Waals surface area contributed by atoms with E-state index in [9.17, 15) is 10.2 Å². The number of anilines is 1. The standard InChI is InChI=1S/C15H16BrNO3/c1-9(12-5-4-11(18)8-14(12)19)17-10-3-6-13(16)15(7-10)20-2/h3-9,17-19H,1-2H3. The first-order valence-corrected chi connectivity index (χ1v) is 6.92. The number of methoxy groups -OCH3 is 1. The van der Waals surface area contributed by atoms with Crippen LogP contribution in [0.5, 0.6) is 17.2 Å². The zero-order chi connectivity index (χ0) is 14.7. The maximum Gasteiger partial charge on any atom is 0.135 e. The van der Waals surface area contributed by atoms with Crippen molar-refractivity contribution in [3.63, 3.8) is 0 Å². The number of aromatic hydroxyl groups is 2. The molecule has 0 aliphatic rings. The summed E-state index contributed by atoms with van der Waals surface area (Å²) >= 11 is 3.40. The first-order chi connectivity index (χ1) is 9.51. The van der Waals surface area contributed by atoms with E-state index in [1.165, 1.54) is 6.07 Å². The smallest absolute Gasteiger partial charge is 0.135 e. The molecule has 0 amide bonds. The number of nitrogens with one attached hydrogen (secondary N) is 1. The molecule has 0 saturated carbocycles. The van der Waals surface area contributed by atoms with Crippen molar-refractivity contribution in [3.8, 4) is 17.2 Å². The van der Waals surface area contributed by atoms with Crippen molar-refractivity contribution in [1.29, 1.82) is 0 Å².